The summed E-state index contributed by atoms with van der Waals surface area (Å²) in [5, 5.41) is 11.9. The summed E-state index contributed by atoms with van der Waals surface area (Å²) in [6.45, 7) is 6.88. The van der Waals surface area contributed by atoms with Crippen LogP contribution in [-0.2, 0) is 9.59 Å². The summed E-state index contributed by atoms with van der Waals surface area (Å²) >= 11 is 0. The molecule has 0 unspecified atom stereocenters. The summed E-state index contributed by atoms with van der Waals surface area (Å²) in [6, 6.07) is 6.17. The Bertz CT molecular complexity index is 1070. The predicted octanol–water partition coefficient (Wildman–Crippen LogP) is 3.65. The van der Waals surface area contributed by atoms with E-state index in [-0.39, 0.29) is 17.9 Å². The van der Waals surface area contributed by atoms with Gasteiger partial charge in [0.15, 0.2) is 0 Å². The molecular weight excluding hydrogens is 374 g/mol. The number of hydrogen-bond donors (Lipinski definition) is 2. The van der Waals surface area contributed by atoms with Gasteiger partial charge in [-0.3, -0.25) is 9.59 Å². The van der Waals surface area contributed by atoms with Gasteiger partial charge in [0.05, 0.1) is 16.8 Å². The van der Waals surface area contributed by atoms with E-state index in [0.717, 1.165) is 11.1 Å². The minimum Gasteiger partial charge on any atom is -0.488 e. The number of carbonyl (C=O) groups excluding carboxylic acids is 2. The maximum absolute atomic E-state index is 12.7. The first-order chi connectivity index (χ1) is 13.7. The van der Waals surface area contributed by atoms with Crippen LogP contribution in [0.2, 0.25) is 0 Å². The van der Waals surface area contributed by atoms with E-state index in [1.165, 1.54) is 19.1 Å². The Hall–Kier alpha value is -3.61. The van der Waals surface area contributed by atoms with Crippen molar-refractivity contribution in [3.05, 3.63) is 57.7 Å². The first-order valence-corrected chi connectivity index (χ1v) is 9.00. The Balaban J connectivity index is 1.99. The van der Waals surface area contributed by atoms with Crippen molar-refractivity contribution in [2.24, 2.45) is 0 Å². The molecule has 150 valence electrons. The number of carboxylic acid groups (broad SMARTS) is 1. The molecule has 0 aliphatic carbocycles. The van der Waals surface area contributed by atoms with Crippen molar-refractivity contribution in [2.45, 2.75) is 27.7 Å². The molecule has 2 N–H and O–H groups in total. The molecule has 2 aromatic rings. The van der Waals surface area contributed by atoms with Gasteiger partial charge in [-0.15, -0.1) is 0 Å². The van der Waals surface area contributed by atoms with E-state index in [9.17, 15) is 19.5 Å². The molecule has 0 atom stereocenters. The van der Waals surface area contributed by atoms with E-state index in [1.54, 1.807) is 25.1 Å². The molecule has 0 saturated heterocycles. The van der Waals surface area contributed by atoms with E-state index in [0.29, 0.717) is 28.2 Å². The molecule has 3 rings (SSSR count). The van der Waals surface area contributed by atoms with E-state index >= 15 is 0 Å². The Labute approximate surface area is 167 Å². The van der Waals surface area contributed by atoms with E-state index in [2.05, 4.69) is 5.32 Å². The number of carbonyl (C=O) groups is 3. The summed E-state index contributed by atoms with van der Waals surface area (Å²) in [4.78, 5) is 35.6. The SMILES string of the molecule is CC(=O)Oc1c(C)c(C)c2c(c1C)C=C(C(=O)Nc1ccccc1C(=O)O)CO2. The van der Waals surface area contributed by atoms with Gasteiger partial charge in [0, 0.05) is 18.1 Å². The quantitative estimate of drug-likeness (QED) is 0.605. The van der Waals surface area contributed by atoms with Crippen LogP contribution >= 0.6 is 0 Å². The fraction of sp³-hybridized carbons (Fsp3) is 0.227. The van der Waals surface area contributed by atoms with Gasteiger partial charge >= 0.3 is 11.9 Å². The van der Waals surface area contributed by atoms with Crippen molar-refractivity contribution >= 4 is 29.6 Å². The number of amides is 1. The van der Waals surface area contributed by atoms with Crippen LogP contribution in [0.3, 0.4) is 0 Å². The van der Waals surface area contributed by atoms with Gasteiger partial charge in [0.1, 0.15) is 18.1 Å². The first-order valence-electron chi connectivity index (χ1n) is 9.00. The number of benzene rings is 2. The zero-order chi connectivity index (χ0) is 21.3. The second-order valence-corrected chi connectivity index (χ2v) is 6.80. The third-order valence-electron chi connectivity index (χ3n) is 4.87. The van der Waals surface area contributed by atoms with Crippen LogP contribution in [-0.4, -0.2) is 29.6 Å². The van der Waals surface area contributed by atoms with Crippen LogP contribution in [0.4, 0.5) is 5.69 Å². The van der Waals surface area contributed by atoms with Gasteiger partial charge in [-0.2, -0.15) is 0 Å². The summed E-state index contributed by atoms with van der Waals surface area (Å²) in [5.74, 6) is -0.937. The number of aromatic carboxylic acids is 1. The second-order valence-electron chi connectivity index (χ2n) is 6.80. The maximum atomic E-state index is 12.7. The van der Waals surface area contributed by atoms with Crippen LogP contribution < -0.4 is 14.8 Å². The molecule has 0 saturated carbocycles. The number of fused-ring (bicyclic) bond motifs is 1. The molecule has 7 heteroatoms. The lowest BCUT2D eigenvalue weighted by Crippen LogP contribution is -2.23. The molecule has 0 radical (unpaired) electrons. The molecule has 1 aliphatic heterocycles. The Morgan fingerprint density at radius 2 is 1.76 bits per heavy atom. The fourth-order valence-corrected chi connectivity index (χ4v) is 3.25. The minimum absolute atomic E-state index is 0.00151. The predicted molar refractivity (Wildman–Crippen MR) is 107 cm³/mol. The van der Waals surface area contributed by atoms with Gasteiger partial charge in [-0.05, 0) is 50.1 Å². The maximum Gasteiger partial charge on any atom is 0.337 e. The Morgan fingerprint density at radius 1 is 1.07 bits per heavy atom. The van der Waals surface area contributed by atoms with Crippen LogP contribution in [0, 0.1) is 20.8 Å². The van der Waals surface area contributed by atoms with E-state index in [1.807, 2.05) is 13.8 Å². The summed E-state index contributed by atoms with van der Waals surface area (Å²) in [7, 11) is 0. The van der Waals surface area contributed by atoms with E-state index < -0.39 is 17.8 Å². The van der Waals surface area contributed by atoms with Crippen molar-refractivity contribution < 1.29 is 29.0 Å². The minimum atomic E-state index is -1.13. The normalized spacial score (nSPS) is 12.3. The molecule has 0 spiro atoms. The standard InChI is InChI=1S/C22H21NO6/c1-11-12(2)20-17(13(3)19(11)29-14(4)24)9-15(10-28-20)21(25)23-18-8-6-5-7-16(18)22(26)27/h5-9H,10H2,1-4H3,(H,23,25)(H,26,27). The molecule has 1 aliphatic rings. The number of carboxylic acids is 1. The van der Waals surface area contributed by atoms with Crippen molar-refractivity contribution in [1.29, 1.82) is 0 Å². The number of rotatable bonds is 4. The highest BCUT2D eigenvalue weighted by Gasteiger charge is 2.25. The molecule has 29 heavy (non-hydrogen) atoms. The van der Waals surface area contributed by atoms with Crippen molar-refractivity contribution in [3.63, 3.8) is 0 Å². The number of hydrogen-bond acceptors (Lipinski definition) is 5. The van der Waals surface area contributed by atoms with Gasteiger partial charge in [0.25, 0.3) is 5.91 Å². The number of para-hydroxylation sites is 1. The highest BCUT2D eigenvalue weighted by atomic mass is 16.5. The molecule has 7 nitrogen and oxygen atoms in total. The lowest BCUT2D eigenvalue weighted by molar-refractivity contribution is -0.132. The third-order valence-corrected chi connectivity index (χ3v) is 4.87. The van der Waals surface area contributed by atoms with Crippen molar-refractivity contribution in [2.75, 3.05) is 11.9 Å². The first kappa shape index (κ1) is 20.1. The lowest BCUT2D eigenvalue weighted by atomic mass is 9.94. The van der Waals surface area contributed by atoms with Crippen molar-refractivity contribution in [3.8, 4) is 11.5 Å². The number of nitrogens with one attached hydrogen (secondary N) is 1. The zero-order valence-electron chi connectivity index (χ0n) is 16.6. The van der Waals surface area contributed by atoms with Crippen LogP contribution in [0.1, 0.15) is 39.5 Å². The summed E-state index contributed by atoms with van der Waals surface area (Å²) in [6.07, 6.45) is 1.69. The zero-order valence-corrected chi connectivity index (χ0v) is 16.6. The van der Waals surface area contributed by atoms with Gasteiger partial charge in [-0.25, -0.2) is 4.79 Å². The van der Waals surface area contributed by atoms with Crippen LogP contribution in [0.25, 0.3) is 6.08 Å². The Kier molecular flexibility index (Phi) is 5.41. The summed E-state index contributed by atoms with van der Waals surface area (Å²) in [5.41, 5.74) is 3.51. The molecule has 1 amide bonds. The second kappa shape index (κ2) is 7.79. The van der Waals surface area contributed by atoms with Crippen LogP contribution in [0.5, 0.6) is 11.5 Å². The number of esters is 1. The average molecular weight is 395 g/mol. The number of ether oxygens (including phenoxy) is 2. The van der Waals surface area contributed by atoms with Crippen LogP contribution in [0.15, 0.2) is 29.8 Å². The smallest absolute Gasteiger partial charge is 0.337 e. The molecule has 0 aromatic heterocycles. The highest BCUT2D eigenvalue weighted by molar-refractivity contribution is 6.10. The molecule has 1 heterocycles. The van der Waals surface area contributed by atoms with E-state index in [4.69, 9.17) is 9.47 Å². The third kappa shape index (κ3) is 3.85. The largest absolute Gasteiger partial charge is 0.488 e. The fourth-order valence-electron chi connectivity index (χ4n) is 3.25. The van der Waals surface area contributed by atoms with Gasteiger partial charge in [-0.1, -0.05) is 12.1 Å². The van der Waals surface area contributed by atoms with Gasteiger partial charge in [0.2, 0.25) is 0 Å². The average Bonchev–Trinajstić information content (AvgIpc) is 2.69. The molecule has 0 fully saturated rings. The lowest BCUT2D eigenvalue weighted by Gasteiger charge is -2.24. The summed E-state index contributed by atoms with van der Waals surface area (Å²) < 4.78 is 11.2. The molecule has 0 bridgehead atoms. The Morgan fingerprint density at radius 3 is 2.41 bits per heavy atom. The highest BCUT2D eigenvalue weighted by Crippen LogP contribution is 2.41. The molecular formula is C22H21NO6. The molecule has 2 aromatic carbocycles. The van der Waals surface area contributed by atoms with Crippen molar-refractivity contribution in [1.82, 2.24) is 0 Å². The number of anilines is 1. The monoisotopic (exact) mass is 395 g/mol. The topological polar surface area (TPSA) is 102 Å². The van der Waals surface area contributed by atoms with Gasteiger partial charge < -0.3 is 19.9 Å².